The molecule has 3 aromatic rings. The summed E-state index contributed by atoms with van der Waals surface area (Å²) < 4.78 is 0. The largest absolute Gasteiger partial charge is 0.507 e. The SMILES string of the molecule is O=[N+]([O-])c1ccccc1-c1cccc(-c2ccccc2[N+](=O)[O-])c1O. The van der Waals surface area contributed by atoms with E-state index in [0.29, 0.717) is 0 Å². The second kappa shape index (κ2) is 6.40. The Balaban J connectivity index is 2.25. The van der Waals surface area contributed by atoms with E-state index in [2.05, 4.69) is 0 Å². The number of rotatable bonds is 4. The van der Waals surface area contributed by atoms with E-state index in [-0.39, 0.29) is 39.4 Å². The van der Waals surface area contributed by atoms with Crippen molar-refractivity contribution in [2.24, 2.45) is 0 Å². The Bertz CT molecular complexity index is 909. The fraction of sp³-hybridized carbons (Fsp3) is 0. The molecule has 25 heavy (non-hydrogen) atoms. The molecular formula is C18H12N2O5. The van der Waals surface area contributed by atoms with Gasteiger partial charge in [0.05, 0.1) is 21.0 Å². The quantitative estimate of drug-likeness (QED) is 0.556. The first-order valence-corrected chi connectivity index (χ1v) is 7.30. The number of phenolic OH excluding ortho intramolecular Hbond substituents is 1. The first-order valence-electron chi connectivity index (χ1n) is 7.30. The zero-order valence-electron chi connectivity index (χ0n) is 12.8. The van der Waals surface area contributed by atoms with E-state index in [1.54, 1.807) is 18.2 Å². The van der Waals surface area contributed by atoms with Gasteiger partial charge in [-0.1, -0.05) is 42.5 Å². The topological polar surface area (TPSA) is 107 Å². The van der Waals surface area contributed by atoms with Gasteiger partial charge in [-0.05, 0) is 12.1 Å². The number of nitrogens with zero attached hydrogens (tertiary/aromatic N) is 2. The maximum absolute atomic E-state index is 11.2. The molecule has 0 unspecified atom stereocenters. The van der Waals surface area contributed by atoms with Crippen LogP contribution in [0.1, 0.15) is 0 Å². The summed E-state index contributed by atoms with van der Waals surface area (Å²) >= 11 is 0. The summed E-state index contributed by atoms with van der Waals surface area (Å²) in [6.45, 7) is 0. The van der Waals surface area contributed by atoms with Gasteiger partial charge in [0, 0.05) is 23.3 Å². The van der Waals surface area contributed by atoms with Gasteiger partial charge in [0.25, 0.3) is 11.4 Å². The number of nitro groups is 2. The maximum Gasteiger partial charge on any atom is 0.277 e. The van der Waals surface area contributed by atoms with Crippen LogP contribution in [0.25, 0.3) is 22.3 Å². The van der Waals surface area contributed by atoms with Crippen molar-refractivity contribution in [3.63, 3.8) is 0 Å². The molecule has 0 saturated carbocycles. The Morgan fingerprint density at radius 3 is 1.36 bits per heavy atom. The Morgan fingerprint density at radius 2 is 0.960 bits per heavy atom. The molecule has 0 aromatic heterocycles. The predicted molar refractivity (Wildman–Crippen MR) is 92.3 cm³/mol. The Labute approximate surface area is 142 Å². The van der Waals surface area contributed by atoms with Crippen LogP contribution in [0.3, 0.4) is 0 Å². The molecule has 0 aliphatic rings. The van der Waals surface area contributed by atoms with Gasteiger partial charge in [-0.15, -0.1) is 0 Å². The summed E-state index contributed by atoms with van der Waals surface area (Å²) in [6, 6.07) is 16.7. The molecule has 3 rings (SSSR count). The first-order chi connectivity index (χ1) is 12.0. The van der Waals surface area contributed by atoms with Crippen LogP contribution in [-0.4, -0.2) is 15.0 Å². The van der Waals surface area contributed by atoms with Crippen molar-refractivity contribution in [3.8, 4) is 28.0 Å². The lowest BCUT2D eigenvalue weighted by Crippen LogP contribution is -1.94. The van der Waals surface area contributed by atoms with Gasteiger partial charge in [-0.2, -0.15) is 0 Å². The van der Waals surface area contributed by atoms with E-state index in [0.717, 1.165) is 0 Å². The molecule has 124 valence electrons. The fourth-order valence-corrected chi connectivity index (χ4v) is 2.70. The first kappa shape index (κ1) is 16.1. The van der Waals surface area contributed by atoms with E-state index < -0.39 is 9.85 Å². The van der Waals surface area contributed by atoms with Gasteiger partial charge in [0.2, 0.25) is 0 Å². The van der Waals surface area contributed by atoms with Crippen molar-refractivity contribution >= 4 is 11.4 Å². The molecule has 0 aliphatic heterocycles. The smallest absolute Gasteiger partial charge is 0.277 e. The normalized spacial score (nSPS) is 10.4. The van der Waals surface area contributed by atoms with Crippen LogP contribution < -0.4 is 0 Å². The molecular weight excluding hydrogens is 324 g/mol. The van der Waals surface area contributed by atoms with E-state index >= 15 is 0 Å². The predicted octanol–water partition coefficient (Wildman–Crippen LogP) is 4.54. The number of hydrogen-bond acceptors (Lipinski definition) is 5. The molecule has 0 radical (unpaired) electrons. The van der Waals surface area contributed by atoms with Gasteiger partial charge in [-0.25, -0.2) is 0 Å². The molecule has 1 N–H and O–H groups in total. The van der Waals surface area contributed by atoms with Gasteiger partial charge in [-0.3, -0.25) is 20.2 Å². The highest BCUT2D eigenvalue weighted by atomic mass is 16.6. The van der Waals surface area contributed by atoms with Crippen LogP contribution in [0.15, 0.2) is 66.7 Å². The Kier molecular flexibility index (Phi) is 4.13. The molecule has 7 nitrogen and oxygen atoms in total. The highest BCUT2D eigenvalue weighted by Gasteiger charge is 2.22. The van der Waals surface area contributed by atoms with E-state index in [4.69, 9.17) is 0 Å². The van der Waals surface area contributed by atoms with E-state index in [9.17, 15) is 25.3 Å². The molecule has 0 heterocycles. The molecule has 0 aliphatic carbocycles. The van der Waals surface area contributed by atoms with Gasteiger partial charge >= 0.3 is 0 Å². The average molecular weight is 336 g/mol. The Hall–Kier alpha value is -3.74. The summed E-state index contributed by atoms with van der Waals surface area (Å²) in [4.78, 5) is 21.4. The average Bonchev–Trinajstić information content (AvgIpc) is 2.62. The highest BCUT2D eigenvalue weighted by molar-refractivity contribution is 5.87. The molecule has 0 amide bonds. The van der Waals surface area contributed by atoms with Gasteiger partial charge < -0.3 is 5.11 Å². The standard InChI is InChI=1S/C18H12N2O5/c21-18-14(12-6-1-3-10-16(12)19(22)23)8-5-9-15(18)13-7-2-4-11-17(13)20(24)25/h1-11,21H. The van der Waals surface area contributed by atoms with Crippen LogP contribution in [0, 0.1) is 20.2 Å². The lowest BCUT2D eigenvalue weighted by molar-refractivity contribution is -0.384. The number of benzene rings is 3. The summed E-state index contributed by atoms with van der Waals surface area (Å²) in [5.74, 6) is -0.244. The molecule has 0 bridgehead atoms. The van der Waals surface area contributed by atoms with Gasteiger partial charge in [0.15, 0.2) is 0 Å². The zero-order chi connectivity index (χ0) is 18.0. The van der Waals surface area contributed by atoms with E-state index in [1.807, 2.05) is 0 Å². The zero-order valence-corrected chi connectivity index (χ0v) is 12.8. The number of aromatic hydroxyl groups is 1. The molecule has 0 spiro atoms. The minimum absolute atomic E-state index is 0.155. The van der Waals surface area contributed by atoms with Crippen molar-refractivity contribution in [2.75, 3.05) is 0 Å². The second-order valence-electron chi connectivity index (χ2n) is 5.25. The molecule has 0 fully saturated rings. The van der Waals surface area contributed by atoms with E-state index in [1.165, 1.54) is 48.5 Å². The monoisotopic (exact) mass is 336 g/mol. The summed E-state index contributed by atoms with van der Waals surface area (Å²) in [5, 5.41) is 33.1. The number of para-hydroxylation sites is 3. The molecule has 0 saturated heterocycles. The lowest BCUT2D eigenvalue weighted by atomic mass is 9.95. The third-order valence-electron chi connectivity index (χ3n) is 3.82. The molecule has 3 aromatic carbocycles. The second-order valence-corrected chi connectivity index (χ2v) is 5.25. The minimum atomic E-state index is -0.535. The third-order valence-corrected chi connectivity index (χ3v) is 3.82. The fourth-order valence-electron chi connectivity index (χ4n) is 2.70. The highest BCUT2D eigenvalue weighted by Crippen LogP contribution is 2.43. The van der Waals surface area contributed by atoms with Crippen LogP contribution in [-0.2, 0) is 0 Å². The third kappa shape index (κ3) is 2.90. The number of phenols is 1. The van der Waals surface area contributed by atoms with Crippen LogP contribution in [0.4, 0.5) is 11.4 Å². The van der Waals surface area contributed by atoms with Gasteiger partial charge in [0.1, 0.15) is 5.75 Å². The van der Waals surface area contributed by atoms with Crippen LogP contribution in [0.5, 0.6) is 5.75 Å². The number of hydrogen-bond donors (Lipinski definition) is 1. The molecule has 0 atom stereocenters. The van der Waals surface area contributed by atoms with Crippen molar-refractivity contribution < 1.29 is 15.0 Å². The number of nitro benzene ring substituents is 2. The minimum Gasteiger partial charge on any atom is -0.507 e. The summed E-state index contributed by atoms with van der Waals surface area (Å²) in [7, 11) is 0. The van der Waals surface area contributed by atoms with Crippen molar-refractivity contribution in [1.29, 1.82) is 0 Å². The van der Waals surface area contributed by atoms with Crippen molar-refractivity contribution in [2.45, 2.75) is 0 Å². The van der Waals surface area contributed by atoms with Crippen LogP contribution in [0.2, 0.25) is 0 Å². The lowest BCUT2D eigenvalue weighted by Gasteiger charge is -2.11. The van der Waals surface area contributed by atoms with Crippen molar-refractivity contribution in [3.05, 3.63) is 87.0 Å². The summed E-state index contributed by atoms with van der Waals surface area (Å²) in [6.07, 6.45) is 0. The molecule has 7 heteroatoms. The Morgan fingerprint density at radius 1 is 0.600 bits per heavy atom. The maximum atomic E-state index is 11.2. The van der Waals surface area contributed by atoms with Crippen molar-refractivity contribution in [1.82, 2.24) is 0 Å². The van der Waals surface area contributed by atoms with Crippen LogP contribution >= 0.6 is 0 Å². The summed E-state index contributed by atoms with van der Waals surface area (Å²) in [5.41, 5.74) is 0.650.